The molecular weight excluding hydrogens is 890 g/mol. The summed E-state index contributed by atoms with van der Waals surface area (Å²) in [6, 6.07) is 0. The highest BCUT2D eigenvalue weighted by molar-refractivity contribution is 5.87. The van der Waals surface area contributed by atoms with Crippen LogP contribution >= 0.6 is 0 Å². The van der Waals surface area contributed by atoms with Crippen LogP contribution in [0.4, 0.5) is 114 Å². The number of carboxylic acids is 1. The van der Waals surface area contributed by atoms with E-state index in [4.69, 9.17) is 5.11 Å². The molecule has 0 amide bonds. The van der Waals surface area contributed by atoms with Crippen molar-refractivity contribution in [1.82, 2.24) is 0 Å². The lowest BCUT2D eigenvalue weighted by atomic mass is 9.90. The summed E-state index contributed by atoms with van der Waals surface area (Å²) in [5.74, 6) is -82.4. The van der Waals surface area contributed by atoms with Gasteiger partial charge in [0.15, 0.2) is 0 Å². The fourth-order valence-corrected chi connectivity index (χ4v) is 3.23. The van der Waals surface area contributed by atoms with Gasteiger partial charge in [0.1, 0.15) is 6.61 Å². The SMILES string of the molecule is C=C(C)C(=O)O.C=C(CC(O)CC(F)(F)C(F)(F)C(F)(F)C(F)(F)C(F)(F)C(F)(F)F)C(=O)OCC(O)CC(F)(F)C(F)(F)C(F)(F)C(F)(F)C(F)(F)C(F)(F)F. The van der Waals surface area contributed by atoms with Crippen LogP contribution in [0.2, 0.25) is 0 Å². The van der Waals surface area contributed by atoms with Crippen molar-refractivity contribution in [2.45, 2.75) is 110 Å². The zero-order chi connectivity index (χ0) is 47.0. The predicted octanol–water partition coefficient (Wildman–Crippen LogP) is 9.10. The van der Waals surface area contributed by atoms with E-state index in [-0.39, 0.29) is 5.57 Å². The highest BCUT2D eigenvalue weighted by Crippen LogP contribution is 2.62. The number of aliphatic hydroxyl groups excluding tert-OH is 2. The van der Waals surface area contributed by atoms with Gasteiger partial charge in [-0.3, -0.25) is 0 Å². The lowest BCUT2D eigenvalue weighted by Crippen LogP contribution is -2.70. The van der Waals surface area contributed by atoms with Crippen LogP contribution in [0, 0.1) is 0 Å². The maximum Gasteiger partial charge on any atom is 0.460 e. The van der Waals surface area contributed by atoms with Gasteiger partial charge < -0.3 is 20.1 Å². The van der Waals surface area contributed by atoms with Gasteiger partial charge in [-0.05, 0) is 6.92 Å². The van der Waals surface area contributed by atoms with Crippen LogP contribution < -0.4 is 0 Å². The molecule has 57 heavy (non-hydrogen) atoms. The fraction of sp³-hybridized carbons (Fsp3) is 0.760. The summed E-state index contributed by atoms with van der Waals surface area (Å²) in [4.78, 5) is 21.3. The van der Waals surface area contributed by atoms with Gasteiger partial charge in [0.05, 0.1) is 12.2 Å². The summed E-state index contributed by atoms with van der Waals surface area (Å²) < 4.78 is 344. The molecule has 2 unspecified atom stereocenters. The van der Waals surface area contributed by atoms with E-state index >= 15 is 0 Å². The summed E-state index contributed by atoms with van der Waals surface area (Å²) >= 11 is 0. The lowest BCUT2D eigenvalue weighted by molar-refractivity contribution is -0.440. The molecule has 0 radical (unpaired) electrons. The van der Waals surface area contributed by atoms with E-state index in [0.29, 0.717) is 0 Å². The molecule has 0 spiro atoms. The Balaban J connectivity index is 0. The number of carboxylic acid groups (broad SMARTS) is 1. The normalized spacial score (nSPS) is 15.9. The number of rotatable bonds is 18. The average molecular weight is 910 g/mol. The van der Waals surface area contributed by atoms with Crippen molar-refractivity contribution in [3.63, 3.8) is 0 Å². The Kier molecular flexibility index (Phi) is 16.2. The van der Waals surface area contributed by atoms with Crippen molar-refractivity contribution in [3.05, 3.63) is 24.3 Å². The maximum absolute atomic E-state index is 13.8. The molecule has 338 valence electrons. The van der Waals surface area contributed by atoms with Crippen molar-refractivity contribution < 1.29 is 144 Å². The number of carbonyl (C=O) groups is 2. The number of halogens is 26. The van der Waals surface area contributed by atoms with Crippen LogP contribution in [0.5, 0.6) is 0 Å². The Hall–Kier alpha value is -3.48. The molecular formula is C25H20F26O6. The summed E-state index contributed by atoms with van der Waals surface area (Å²) in [6.45, 7) is 4.79. The first-order chi connectivity index (χ1) is 24.4. The second kappa shape index (κ2) is 16.6. The minimum Gasteiger partial charge on any atom is -0.478 e. The van der Waals surface area contributed by atoms with Crippen molar-refractivity contribution in [1.29, 1.82) is 0 Å². The molecule has 3 N–H and O–H groups in total. The molecule has 0 aromatic rings. The molecule has 0 saturated carbocycles. The van der Waals surface area contributed by atoms with Crippen LogP contribution in [0.15, 0.2) is 24.3 Å². The third kappa shape index (κ3) is 10.4. The van der Waals surface area contributed by atoms with E-state index in [1.165, 1.54) is 6.92 Å². The number of esters is 1. The second-order valence-corrected chi connectivity index (χ2v) is 11.2. The fourth-order valence-electron chi connectivity index (χ4n) is 3.23. The highest BCUT2D eigenvalue weighted by atomic mass is 19.4. The maximum atomic E-state index is 13.8. The summed E-state index contributed by atoms with van der Waals surface area (Å²) in [6.07, 6.45) is -31.3. The highest BCUT2D eigenvalue weighted by Gasteiger charge is 2.92. The monoisotopic (exact) mass is 910 g/mol. The van der Waals surface area contributed by atoms with Gasteiger partial charge in [-0.15, -0.1) is 0 Å². The van der Waals surface area contributed by atoms with Crippen LogP contribution in [0.25, 0.3) is 0 Å². The van der Waals surface area contributed by atoms with Gasteiger partial charge >= 0.3 is 83.5 Å². The molecule has 0 fully saturated rings. The molecule has 0 aliphatic heterocycles. The topological polar surface area (TPSA) is 104 Å². The van der Waals surface area contributed by atoms with Crippen molar-refractivity contribution in [2.24, 2.45) is 0 Å². The molecule has 0 aliphatic rings. The quantitative estimate of drug-likeness (QED) is 0.0721. The average Bonchev–Trinajstić information content (AvgIpc) is 2.97. The van der Waals surface area contributed by atoms with Crippen LogP contribution in [-0.4, -0.2) is 118 Å². The lowest BCUT2D eigenvalue weighted by Gasteiger charge is -2.40. The van der Waals surface area contributed by atoms with Crippen molar-refractivity contribution in [2.75, 3.05) is 6.61 Å². The van der Waals surface area contributed by atoms with Gasteiger partial charge in [-0.25, -0.2) is 9.59 Å². The zero-order valence-electron chi connectivity index (χ0n) is 26.8. The summed E-state index contributed by atoms with van der Waals surface area (Å²) in [7, 11) is 0. The summed E-state index contributed by atoms with van der Waals surface area (Å²) in [5.41, 5.74) is -1.51. The number of hydrogen-bond acceptors (Lipinski definition) is 5. The third-order valence-corrected chi connectivity index (χ3v) is 6.52. The molecule has 0 heterocycles. The van der Waals surface area contributed by atoms with E-state index in [1.54, 1.807) is 0 Å². The summed E-state index contributed by atoms with van der Waals surface area (Å²) in [5, 5.41) is 26.5. The minimum absolute atomic E-state index is 0.176. The number of carbonyl (C=O) groups excluding carboxylic acids is 1. The standard InChI is InChI=1S/C21H14F26O4.C4H6O2/c1-6(2-7(48)3-10(22,23)12(26,27)14(30,31)16(34,35)18(38,39)20(42,43)44)9(50)51-5-8(49)4-11(24,25)13(28,29)15(32,33)17(36,37)19(40,41)21(45,46)47;1-3(2)4(5)6/h7-8,48-49H,1-5H2;1H2,2H3,(H,5,6). The van der Waals surface area contributed by atoms with Gasteiger partial charge in [-0.1, -0.05) is 13.2 Å². The molecule has 2 atom stereocenters. The third-order valence-electron chi connectivity index (χ3n) is 6.52. The van der Waals surface area contributed by atoms with Gasteiger partial charge in [0, 0.05) is 30.4 Å². The Morgan fingerprint density at radius 1 is 0.491 bits per heavy atom. The van der Waals surface area contributed by atoms with E-state index in [2.05, 4.69) is 17.9 Å². The zero-order valence-corrected chi connectivity index (χ0v) is 26.8. The number of aliphatic carboxylic acids is 1. The van der Waals surface area contributed by atoms with Crippen LogP contribution in [-0.2, 0) is 14.3 Å². The van der Waals surface area contributed by atoms with E-state index < -0.39 is 127 Å². The first-order valence-electron chi connectivity index (χ1n) is 13.5. The molecule has 0 aromatic heterocycles. The van der Waals surface area contributed by atoms with Crippen LogP contribution in [0.1, 0.15) is 26.2 Å². The van der Waals surface area contributed by atoms with Gasteiger partial charge in [-0.2, -0.15) is 114 Å². The van der Waals surface area contributed by atoms with E-state index in [9.17, 15) is 134 Å². The molecule has 0 saturated heterocycles. The Labute approximate surface area is 297 Å². The molecule has 6 nitrogen and oxygen atoms in total. The van der Waals surface area contributed by atoms with E-state index in [1.807, 2.05) is 0 Å². The Bertz CT molecular complexity index is 1430. The number of alkyl halides is 26. The predicted molar refractivity (Wildman–Crippen MR) is 130 cm³/mol. The van der Waals surface area contributed by atoms with Gasteiger partial charge in [0.2, 0.25) is 0 Å². The molecule has 32 heteroatoms. The van der Waals surface area contributed by atoms with Crippen molar-refractivity contribution >= 4 is 11.9 Å². The minimum atomic E-state index is -8.33. The number of hydrogen-bond donors (Lipinski definition) is 3. The molecule has 0 aromatic carbocycles. The largest absolute Gasteiger partial charge is 0.478 e. The molecule has 0 aliphatic carbocycles. The number of aliphatic hydroxyl groups is 2. The Morgan fingerprint density at radius 3 is 0.982 bits per heavy atom. The molecule has 0 bridgehead atoms. The van der Waals surface area contributed by atoms with Crippen LogP contribution in [0.3, 0.4) is 0 Å². The number of ether oxygens (including phenoxy) is 1. The van der Waals surface area contributed by atoms with Gasteiger partial charge in [0.25, 0.3) is 0 Å². The second-order valence-electron chi connectivity index (χ2n) is 11.2. The molecule has 0 rings (SSSR count). The van der Waals surface area contributed by atoms with Crippen molar-refractivity contribution in [3.8, 4) is 0 Å². The van der Waals surface area contributed by atoms with E-state index in [0.717, 1.165) is 0 Å². The smallest absolute Gasteiger partial charge is 0.460 e. The first kappa shape index (κ1) is 55.6. The first-order valence-corrected chi connectivity index (χ1v) is 13.5. The Morgan fingerprint density at radius 2 is 0.737 bits per heavy atom.